The van der Waals surface area contributed by atoms with Crippen molar-refractivity contribution in [3.8, 4) is 0 Å². The minimum Gasteiger partial charge on any atom is -0.318 e. The third kappa shape index (κ3) is 2.71. The zero-order chi connectivity index (χ0) is 13.9. The number of hydrogen-bond acceptors (Lipinski definition) is 1. The van der Waals surface area contributed by atoms with E-state index in [0.717, 1.165) is 11.1 Å². The lowest BCUT2D eigenvalue weighted by molar-refractivity contribution is 0.544. The summed E-state index contributed by atoms with van der Waals surface area (Å²) in [7, 11) is 0. The second kappa shape index (κ2) is 5.58. The molecule has 19 heavy (non-hydrogen) atoms. The van der Waals surface area contributed by atoms with Crippen molar-refractivity contribution in [3.63, 3.8) is 0 Å². The second-order valence-electron chi connectivity index (χ2n) is 5.37. The predicted molar refractivity (Wildman–Crippen MR) is 81.9 cm³/mol. The van der Waals surface area contributed by atoms with Crippen LogP contribution in [-0.4, -0.2) is 0 Å². The van der Waals surface area contributed by atoms with Gasteiger partial charge in [-0.15, -0.1) is 0 Å². The maximum absolute atomic E-state index is 6.65. The normalized spacial score (nSPS) is 14.4. The minimum atomic E-state index is -0.508. The van der Waals surface area contributed by atoms with Crippen LogP contribution in [-0.2, 0) is 5.54 Å². The molecule has 0 fully saturated rings. The molecule has 0 aliphatic carbocycles. The van der Waals surface area contributed by atoms with Gasteiger partial charge in [-0.05, 0) is 29.0 Å². The third-order valence-electron chi connectivity index (χ3n) is 3.75. The summed E-state index contributed by atoms with van der Waals surface area (Å²) in [4.78, 5) is 0. The molecule has 1 radical (unpaired) electrons. The van der Waals surface area contributed by atoms with Gasteiger partial charge < -0.3 is 5.73 Å². The Morgan fingerprint density at radius 1 is 1.00 bits per heavy atom. The van der Waals surface area contributed by atoms with Crippen LogP contribution in [0.2, 0.25) is 0 Å². The van der Waals surface area contributed by atoms with Gasteiger partial charge in [-0.25, -0.2) is 0 Å². The SMILES string of the molecule is [CH2]C[C@@](N)(c1ccccc1)c1cccc(C(C)C)c1. The Morgan fingerprint density at radius 3 is 2.21 bits per heavy atom. The molecule has 0 aliphatic heterocycles. The first kappa shape index (κ1) is 13.8. The van der Waals surface area contributed by atoms with E-state index in [1.165, 1.54) is 5.56 Å². The molecule has 2 aromatic carbocycles. The van der Waals surface area contributed by atoms with Crippen molar-refractivity contribution < 1.29 is 0 Å². The molecule has 0 amide bonds. The van der Waals surface area contributed by atoms with Crippen molar-refractivity contribution in [2.45, 2.75) is 31.7 Å². The average molecular weight is 252 g/mol. The van der Waals surface area contributed by atoms with Crippen molar-refractivity contribution in [3.05, 3.63) is 78.2 Å². The van der Waals surface area contributed by atoms with E-state index in [1.54, 1.807) is 0 Å². The molecule has 1 nitrogen and oxygen atoms in total. The van der Waals surface area contributed by atoms with Gasteiger partial charge >= 0.3 is 0 Å². The molecule has 1 atom stereocenters. The Balaban J connectivity index is 2.50. The van der Waals surface area contributed by atoms with Gasteiger partial charge in [0.15, 0.2) is 0 Å². The summed E-state index contributed by atoms with van der Waals surface area (Å²) < 4.78 is 0. The molecule has 2 rings (SSSR count). The monoisotopic (exact) mass is 252 g/mol. The zero-order valence-corrected chi connectivity index (χ0v) is 11.8. The molecule has 0 spiro atoms. The molecule has 2 aromatic rings. The lowest BCUT2D eigenvalue weighted by Gasteiger charge is -2.30. The highest BCUT2D eigenvalue weighted by Crippen LogP contribution is 2.31. The van der Waals surface area contributed by atoms with E-state index in [9.17, 15) is 0 Å². The first-order valence-electron chi connectivity index (χ1n) is 6.82. The summed E-state index contributed by atoms with van der Waals surface area (Å²) >= 11 is 0. The van der Waals surface area contributed by atoms with Gasteiger partial charge in [0.2, 0.25) is 0 Å². The van der Waals surface area contributed by atoms with E-state index >= 15 is 0 Å². The van der Waals surface area contributed by atoms with Crippen molar-refractivity contribution in [2.75, 3.05) is 0 Å². The number of benzene rings is 2. The Morgan fingerprint density at radius 2 is 1.63 bits per heavy atom. The Hall–Kier alpha value is -1.60. The van der Waals surface area contributed by atoms with Crippen LogP contribution < -0.4 is 5.73 Å². The van der Waals surface area contributed by atoms with Crippen LogP contribution in [0.3, 0.4) is 0 Å². The number of rotatable bonds is 4. The minimum absolute atomic E-state index is 0.504. The molecule has 99 valence electrons. The lowest BCUT2D eigenvalue weighted by atomic mass is 9.80. The molecule has 0 unspecified atom stereocenters. The van der Waals surface area contributed by atoms with Crippen LogP contribution in [0.15, 0.2) is 54.6 Å². The van der Waals surface area contributed by atoms with E-state index in [-0.39, 0.29) is 0 Å². The quantitative estimate of drug-likeness (QED) is 0.865. The van der Waals surface area contributed by atoms with E-state index in [4.69, 9.17) is 5.73 Å². The van der Waals surface area contributed by atoms with E-state index < -0.39 is 5.54 Å². The molecule has 0 aromatic heterocycles. The molecule has 1 heteroatoms. The molecule has 0 saturated heterocycles. The molecule has 2 N–H and O–H groups in total. The summed E-state index contributed by atoms with van der Waals surface area (Å²) in [5.41, 5.74) is 9.71. The zero-order valence-electron chi connectivity index (χ0n) is 11.8. The fourth-order valence-corrected chi connectivity index (χ4v) is 2.37. The van der Waals surface area contributed by atoms with Gasteiger partial charge in [0, 0.05) is 0 Å². The average Bonchev–Trinajstić information content (AvgIpc) is 2.47. The van der Waals surface area contributed by atoms with E-state index in [2.05, 4.69) is 57.2 Å². The van der Waals surface area contributed by atoms with Crippen LogP contribution in [0.25, 0.3) is 0 Å². The summed E-state index contributed by atoms with van der Waals surface area (Å²) in [5.74, 6) is 0.504. The summed E-state index contributed by atoms with van der Waals surface area (Å²) in [6, 6.07) is 18.8. The first-order chi connectivity index (χ1) is 9.08. The highest BCUT2D eigenvalue weighted by molar-refractivity contribution is 5.40. The maximum atomic E-state index is 6.65. The van der Waals surface area contributed by atoms with Crippen molar-refractivity contribution in [1.82, 2.24) is 0 Å². The van der Waals surface area contributed by atoms with Crippen LogP contribution in [0.5, 0.6) is 0 Å². The van der Waals surface area contributed by atoms with Gasteiger partial charge in [0.25, 0.3) is 0 Å². The third-order valence-corrected chi connectivity index (χ3v) is 3.75. The standard InChI is InChI=1S/C18H22N/c1-4-18(19,16-10-6-5-7-11-16)17-12-8-9-15(13-17)14(2)3/h5-14H,1,4,19H2,2-3H3/t18-/m1/s1. The van der Waals surface area contributed by atoms with E-state index in [0.29, 0.717) is 12.3 Å². The molecular formula is C18H22N. The second-order valence-corrected chi connectivity index (χ2v) is 5.37. The van der Waals surface area contributed by atoms with Crippen LogP contribution in [0, 0.1) is 6.92 Å². The van der Waals surface area contributed by atoms with Crippen LogP contribution in [0.4, 0.5) is 0 Å². The molecule has 0 aliphatic rings. The van der Waals surface area contributed by atoms with Gasteiger partial charge in [0.05, 0.1) is 5.54 Å². The number of nitrogens with two attached hydrogens (primary N) is 1. The molecular weight excluding hydrogens is 230 g/mol. The summed E-state index contributed by atoms with van der Waals surface area (Å²) in [5, 5.41) is 0. The van der Waals surface area contributed by atoms with E-state index in [1.807, 2.05) is 18.2 Å². The molecule has 0 saturated carbocycles. The van der Waals surface area contributed by atoms with Crippen molar-refractivity contribution in [2.24, 2.45) is 5.73 Å². The Bertz CT molecular complexity index is 530. The van der Waals surface area contributed by atoms with Gasteiger partial charge in [0.1, 0.15) is 0 Å². The smallest absolute Gasteiger partial charge is 0.0665 e. The Kier molecular flexibility index (Phi) is 4.06. The largest absolute Gasteiger partial charge is 0.318 e. The molecule has 0 heterocycles. The fourth-order valence-electron chi connectivity index (χ4n) is 2.37. The van der Waals surface area contributed by atoms with Crippen LogP contribution in [0.1, 0.15) is 42.9 Å². The molecule has 0 bridgehead atoms. The topological polar surface area (TPSA) is 26.0 Å². The van der Waals surface area contributed by atoms with Crippen LogP contribution >= 0.6 is 0 Å². The van der Waals surface area contributed by atoms with Crippen molar-refractivity contribution in [1.29, 1.82) is 0 Å². The first-order valence-corrected chi connectivity index (χ1v) is 6.82. The van der Waals surface area contributed by atoms with Gasteiger partial charge in [-0.3, -0.25) is 0 Å². The highest BCUT2D eigenvalue weighted by Gasteiger charge is 2.27. The lowest BCUT2D eigenvalue weighted by Crippen LogP contribution is -2.37. The predicted octanol–water partition coefficient (Wildman–Crippen LogP) is 4.24. The summed E-state index contributed by atoms with van der Waals surface area (Å²) in [6.07, 6.45) is 0.637. The highest BCUT2D eigenvalue weighted by atomic mass is 14.7. The maximum Gasteiger partial charge on any atom is 0.0665 e. The Labute approximate surface area is 116 Å². The number of hydrogen-bond donors (Lipinski definition) is 1. The van der Waals surface area contributed by atoms with Crippen molar-refractivity contribution >= 4 is 0 Å². The fraction of sp³-hybridized carbons (Fsp3) is 0.278. The van der Waals surface area contributed by atoms with Gasteiger partial charge in [-0.2, -0.15) is 0 Å². The van der Waals surface area contributed by atoms with Gasteiger partial charge in [-0.1, -0.05) is 75.4 Å². The summed E-state index contributed by atoms with van der Waals surface area (Å²) in [6.45, 7) is 8.46.